The Bertz CT molecular complexity index is 1070. The Morgan fingerprint density at radius 3 is 2.86 bits per heavy atom. The average Bonchev–Trinajstić information content (AvgIpc) is 3.09. The number of halogens is 1. The molecule has 0 amide bonds. The third kappa shape index (κ3) is 5.18. The van der Waals surface area contributed by atoms with Crippen LogP contribution in [-0.2, 0) is 22.9 Å². The minimum absolute atomic E-state index is 0.00678. The summed E-state index contributed by atoms with van der Waals surface area (Å²) in [6.45, 7) is 0.726. The monoisotopic (exact) mass is 422 g/mol. The molecule has 0 bridgehead atoms. The standard InChI is InChI=1S/C17H19ClN6O3S/c1-28(26,27)14-4-2-3-12(7-14)8-19-16-15(18)10-20-17(23-16)22-13-9-21-24(11-13)5-6-25/h2-4,7,9-11,25H,5-6,8H2,1H3,(H2,19,20,22,23). The van der Waals surface area contributed by atoms with E-state index in [0.29, 0.717) is 35.6 Å². The van der Waals surface area contributed by atoms with Gasteiger partial charge in [0.1, 0.15) is 5.02 Å². The average molecular weight is 423 g/mol. The predicted octanol–water partition coefficient (Wildman–Crippen LogP) is 2.08. The van der Waals surface area contributed by atoms with Gasteiger partial charge in [-0.15, -0.1) is 0 Å². The maximum absolute atomic E-state index is 11.7. The van der Waals surface area contributed by atoms with Crippen LogP contribution < -0.4 is 10.6 Å². The summed E-state index contributed by atoms with van der Waals surface area (Å²) < 4.78 is 25.0. The van der Waals surface area contributed by atoms with Crippen LogP contribution in [0.4, 0.5) is 17.5 Å². The molecule has 0 aliphatic heterocycles. The number of aromatic nitrogens is 4. The molecule has 0 saturated heterocycles. The lowest BCUT2D eigenvalue weighted by Gasteiger charge is -2.10. The second kappa shape index (κ2) is 8.55. The molecule has 2 heterocycles. The second-order valence-corrected chi connectivity index (χ2v) is 8.43. The van der Waals surface area contributed by atoms with Gasteiger partial charge in [0.05, 0.1) is 36.1 Å². The van der Waals surface area contributed by atoms with Gasteiger partial charge in [-0.25, -0.2) is 13.4 Å². The molecule has 0 spiro atoms. The number of aliphatic hydroxyl groups is 1. The molecule has 3 rings (SSSR count). The van der Waals surface area contributed by atoms with Gasteiger partial charge in [0.25, 0.3) is 0 Å². The van der Waals surface area contributed by atoms with Crippen molar-refractivity contribution in [1.29, 1.82) is 0 Å². The first kappa shape index (κ1) is 20.1. The van der Waals surface area contributed by atoms with E-state index in [0.717, 1.165) is 5.56 Å². The summed E-state index contributed by atoms with van der Waals surface area (Å²) in [5.74, 6) is 0.729. The Balaban J connectivity index is 1.71. The first-order chi connectivity index (χ1) is 13.3. The molecule has 1 aromatic carbocycles. The van der Waals surface area contributed by atoms with E-state index in [-0.39, 0.29) is 11.5 Å². The SMILES string of the molecule is CS(=O)(=O)c1cccc(CNc2nc(Nc3cnn(CCO)c3)ncc2Cl)c1. The second-order valence-electron chi connectivity index (χ2n) is 6.00. The van der Waals surface area contributed by atoms with Gasteiger partial charge in [0, 0.05) is 19.0 Å². The highest BCUT2D eigenvalue weighted by molar-refractivity contribution is 7.90. The molecule has 9 nitrogen and oxygen atoms in total. The van der Waals surface area contributed by atoms with E-state index in [4.69, 9.17) is 16.7 Å². The van der Waals surface area contributed by atoms with Crippen LogP contribution in [0.5, 0.6) is 0 Å². The van der Waals surface area contributed by atoms with Gasteiger partial charge < -0.3 is 15.7 Å². The lowest BCUT2D eigenvalue weighted by atomic mass is 10.2. The molecule has 0 aliphatic carbocycles. The Labute approximate surface area is 167 Å². The number of hydrogen-bond acceptors (Lipinski definition) is 8. The van der Waals surface area contributed by atoms with E-state index >= 15 is 0 Å². The fourth-order valence-corrected chi connectivity index (χ4v) is 3.25. The number of nitrogens with zero attached hydrogens (tertiary/aromatic N) is 4. The number of aliphatic hydroxyl groups excluding tert-OH is 1. The Morgan fingerprint density at radius 1 is 1.29 bits per heavy atom. The summed E-state index contributed by atoms with van der Waals surface area (Å²) in [5.41, 5.74) is 1.44. The zero-order chi connectivity index (χ0) is 20.1. The van der Waals surface area contributed by atoms with Crippen molar-refractivity contribution in [3.63, 3.8) is 0 Å². The van der Waals surface area contributed by atoms with Crippen molar-refractivity contribution in [3.05, 3.63) is 53.4 Å². The maximum Gasteiger partial charge on any atom is 0.229 e. The number of anilines is 3. The van der Waals surface area contributed by atoms with Gasteiger partial charge in [0.15, 0.2) is 15.7 Å². The van der Waals surface area contributed by atoms with Crippen LogP contribution >= 0.6 is 11.6 Å². The predicted molar refractivity (Wildman–Crippen MR) is 107 cm³/mol. The molecule has 0 unspecified atom stereocenters. The Kier molecular flexibility index (Phi) is 6.12. The number of rotatable bonds is 8. The Hall–Kier alpha value is -2.69. The zero-order valence-electron chi connectivity index (χ0n) is 15.0. The van der Waals surface area contributed by atoms with Crippen molar-refractivity contribution in [3.8, 4) is 0 Å². The molecule has 0 atom stereocenters. The fraction of sp³-hybridized carbons (Fsp3) is 0.235. The van der Waals surface area contributed by atoms with E-state index in [1.807, 2.05) is 6.07 Å². The molecule has 3 aromatic rings. The van der Waals surface area contributed by atoms with Gasteiger partial charge in [-0.2, -0.15) is 10.1 Å². The topological polar surface area (TPSA) is 122 Å². The molecule has 148 valence electrons. The first-order valence-electron chi connectivity index (χ1n) is 8.31. The van der Waals surface area contributed by atoms with Crippen LogP contribution in [0.15, 0.2) is 47.8 Å². The molecule has 0 radical (unpaired) electrons. The molecule has 0 fully saturated rings. The van der Waals surface area contributed by atoms with Gasteiger partial charge in [-0.05, 0) is 17.7 Å². The zero-order valence-corrected chi connectivity index (χ0v) is 16.6. The first-order valence-corrected chi connectivity index (χ1v) is 10.6. The summed E-state index contributed by atoms with van der Waals surface area (Å²) in [4.78, 5) is 8.72. The summed E-state index contributed by atoms with van der Waals surface area (Å²) in [7, 11) is -3.27. The summed E-state index contributed by atoms with van der Waals surface area (Å²) in [6, 6.07) is 6.65. The molecule has 28 heavy (non-hydrogen) atoms. The number of benzene rings is 1. The molecule has 0 aliphatic rings. The highest BCUT2D eigenvalue weighted by Crippen LogP contribution is 2.22. The number of hydrogen-bond donors (Lipinski definition) is 3. The van der Waals surface area contributed by atoms with Crippen LogP contribution in [0.3, 0.4) is 0 Å². The summed E-state index contributed by atoms with van der Waals surface area (Å²) >= 11 is 6.16. The Morgan fingerprint density at radius 2 is 2.11 bits per heavy atom. The highest BCUT2D eigenvalue weighted by Gasteiger charge is 2.09. The molecule has 0 saturated carbocycles. The smallest absolute Gasteiger partial charge is 0.229 e. The van der Waals surface area contributed by atoms with E-state index in [9.17, 15) is 8.42 Å². The largest absolute Gasteiger partial charge is 0.394 e. The van der Waals surface area contributed by atoms with Gasteiger partial charge in [-0.1, -0.05) is 23.7 Å². The summed E-state index contributed by atoms with van der Waals surface area (Å²) in [6.07, 6.45) is 5.95. The van der Waals surface area contributed by atoms with E-state index in [2.05, 4.69) is 25.7 Å². The molecule has 11 heteroatoms. The lowest BCUT2D eigenvalue weighted by Crippen LogP contribution is -2.06. The fourth-order valence-electron chi connectivity index (χ4n) is 2.41. The maximum atomic E-state index is 11.7. The van der Waals surface area contributed by atoms with Crippen LogP contribution in [-0.4, -0.2) is 46.1 Å². The van der Waals surface area contributed by atoms with Crippen LogP contribution in [0, 0.1) is 0 Å². The molecular weight excluding hydrogens is 404 g/mol. The van der Waals surface area contributed by atoms with Crippen molar-refractivity contribution in [2.45, 2.75) is 18.0 Å². The minimum Gasteiger partial charge on any atom is -0.394 e. The van der Waals surface area contributed by atoms with Gasteiger partial charge in [-0.3, -0.25) is 4.68 Å². The third-order valence-corrected chi connectivity index (χ3v) is 5.14. The van der Waals surface area contributed by atoms with Crippen molar-refractivity contribution in [1.82, 2.24) is 19.7 Å². The summed E-state index contributed by atoms with van der Waals surface area (Å²) in [5, 5.41) is 19.5. The quantitative estimate of drug-likeness (QED) is 0.504. The number of sulfone groups is 1. The van der Waals surface area contributed by atoms with Crippen LogP contribution in [0.1, 0.15) is 5.56 Å². The van der Waals surface area contributed by atoms with Crippen molar-refractivity contribution in [2.75, 3.05) is 23.5 Å². The van der Waals surface area contributed by atoms with E-state index in [1.54, 1.807) is 35.3 Å². The highest BCUT2D eigenvalue weighted by atomic mass is 35.5. The van der Waals surface area contributed by atoms with Crippen LogP contribution in [0.25, 0.3) is 0 Å². The lowest BCUT2D eigenvalue weighted by molar-refractivity contribution is 0.269. The van der Waals surface area contributed by atoms with E-state index in [1.165, 1.54) is 12.5 Å². The normalized spacial score (nSPS) is 11.4. The van der Waals surface area contributed by atoms with Gasteiger partial charge in [0.2, 0.25) is 5.95 Å². The minimum atomic E-state index is -3.27. The van der Waals surface area contributed by atoms with Crippen molar-refractivity contribution >= 4 is 38.9 Å². The molecule has 3 N–H and O–H groups in total. The van der Waals surface area contributed by atoms with Gasteiger partial charge >= 0.3 is 0 Å². The van der Waals surface area contributed by atoms with Crippen LogP contribution in [0.2, 0.25) is 5.02 Å². The third-order valence-electron chi connectivity index (χ3n) is 3.75. The van der Waals surface area contributed by atoms with E-state index < -0.39 is 9.84 Å². The number of nitrogens with one attached hydrogen (secondary N) is 2. The molecular formula is C17H19ClN6O3S. The molecule has 2 aromatic heterocycles. The van der Waals surface area contributed by atoms with Crippen molar-refractivity contribution in [2.24, 2.45) is 0 Å². The van der Waals surface area contributed by atoms with Crippen molar-refractivity contribution < 1.29 is 13.5 Å².